The fraction of sp³-hybridized carbons (Fsp3) is 0.538. The Balaban J connectivity index is 2.08. The van der Waals surface area contributed by atoms with E-state index in [1.54, 1.807) is 6.07 Å². The van der Waals surface area contributed by atoms with Gasteiger partial charge in [-0.15, -0.1) is 0 Å². The van der Waals surface area contributed by atoms with Gasteiger partial charge in [0, 0.05) is 24.3 Å². The Morgan fingerprint density at radius 2 is 2.19 bits per heavy atom. The number of halogens is 1. The largest absolute Gasteiger partial charge is 0.371 e. The molecule has 1 heterocycles. The van der Waals surface area contributed by atoms with E-state index < -0.39 is 0 Å². The molecule has 0 aromatic heterocycles. The van der Waals surface area contributed by atoms with Gasteiger partial charge in [-0.05, 0) is 44.4 Å². The molecular weight excluding hydrogens is 203 g/mol. The lowest BCUT2D eigenvalue weighted by molar-refractivity contribution is 0.476. The highest BCUT2D eigenvalue weighted by Gasteiger charge is 2.21. The van der Waals surface area contributed by atoms with Crippen LogP contribution in [0.1, 0.15) is 25.8 Å². The van der Waals surface area contributed by atoms with E-state index in [0.717, 1.165) is 31.6 Å². The summed E-state index contributed by atoms with van der Waals surface area (Å²) in [4.78, 5) is 2.23. The van der Waals surface area contributed by atoms with Crippen molar-refractivity contribution in [2.24, 2.45) is 5.73 Å². The van der Waals surface area contributed by atoms with E-state index >= 15 is 0 Å². The van der Waals surface area contributed by atoms with Gasteiger partial charge in [-0.25, -0.2) is 4.39 Å². The maximum absolute atomic E-state index is 13.2. The molecule has 88 valence electrons. The third kappa shape index (κ3) is 2.53. The van der Waals surface area contributed by atoms with Crippen LogP contribution in [0.25, 0.3) is 0 Å². The van der Waals surface area contributed by atoms with Gasteiger partial charge in [-0.2, -0.15) is 0 Å². The van der Waals surface area contributed by atoms with Crippen molar-refractivity contribution < 1.29 is 4.39 Å². The van der Waals surface area contributed by atoms with Crippen molar-refractivity contribution in [3.8, 4) is 0 Å². The SMILES string of the molecule is CC(C)(N)CCN1CCc2ccc(F)cc21. The van der Waals surface area contributed by atoms with Crippen LogP contribution in [0.5, 0.6) is 0 Å². The second-order valence-corrected chi connectivity index (χ2v) is 5.25. The van der Waals surface area contributed by atoms with Crippen LogP contribution in [0.3, 0.4) is 0 Å². The molecule has 2 nitrogen and oxygen atoms in total. The van der Waals surface area contributed by atoms with Gasteiger partial charge < -0.3 is 10.6 Å². The fourth-order valence-corrected chi connectivity index (χ4v) is 2.07. The Morgan fingerprint density at radius 3 is 2.88 bits per heavy atom. The smallest absolute Gasteiger partial charge is 0.125 e. The van der Waals surface area contributed by atoms with Gasteiger partial charge in [0.15, 0.2) is 0 Å². The molecule has 0 bridgehead atoms. The van der Waals surface area contributed by atoms with Crippen LogP contribution in [-0.2, 0) is 6.42 Å². The van der Waals surface area contributed by atoms with Crippen molar-refractivity contribution in [2.75, 3.05) is 18.0 Å². The molecule has 0 fully saturated rings. The molecule has 0 amide bonds. The molecule has 1 aromatic rings. The van der Waals surface area contributed by atoms with Gasteiger partial charge in [0.1, 0.15) is 5.82 Å². The molecule has 1 aliphatic rings. The quantitative estimate of drug-likeness (QED) is 0.850. The maximum atomic E-state index is 13.2. The summed E-state index contributed by atoms with van der Waals surface area (Å²) >= 11 is 0. The minimum absolute atomic E-state index is 0.155. The number of fused-ring (bicyclic) bond motifs is 1. The van der Waals surface area contributed by atoms with E-state index in [4.69, 9.17) is 5.73 Å². The van der Waals surface area contributed by atoms with Gasteiger partial charge in [-0.3, -0.25) is 0 Å². The van der Waals surface area contributed by atoms with Gasteiger partial charge >= 0.3 is 0 Å². The molecule has 1 aromatic carbocycles. The number of hydrogen-bond acceptors (Lipinski definition) is 2. The molecule has 16 heavy (non-hydrogen) atoms. The molecule has 0 unspecified atom stereocenters. The van der Waals surface area contributed by atoms with E-state index in [9.17, 15) is 4.39 Å². The molecular formula is C13H19FN2. The normalized spacial score (nSPS) is 15.4. The van der Waals surface area contributed by atoms with Crippen LogP contribution in [0.2, 0.25) is 0 Å². The fourth-order valence-electron chi connectivity index (χ4n) is 2.07. The lowest BCUT2D eigenvalue weighted by Gasteiger charge is -2.25. The minimum Gasteiger partial charge on any atom is -0.371 e. The first-order valence-electron chi connectivity index (χ1n) is 5.78. The summed E-state index contributed by atoms with van der Waals surface area (Å²) in [5, 5.41) is 0. The molecule has 0 aliphatic carbocycles. The lowest BCUT2D eigenvalue weighted by Crippen LogP contribution is -2.37. The molecule has 0 saturated carbocycles. The highest BCUT2D eigenvalue weighted by atomic mass is 19.1. The van der Waals surface area contributed by atoms with Crippen LogP contribution in [-0.4, -0.2) is 18.6 Å². The Bertz CT molecular complexity index is 382. The van der Waals surface area contributed by atoms with Crippen molar-refractivity contribution in [1.82, 2.24) is 0 Å². The number of anilines is 1. The van der Waals surface area contributed by atoms with Gasteiger partial charge in [0.05, 0.1) is 0 Å². The van der Waals surface area contributed by atoms with Crippen molar-refractivity contribution in [3.63, 3.8) is 0 Å². The number of nitrogens with zero attached hydrogens (tertiary/aromatic N) is 1. The number of hydrogen-bond donors (Lipinski definition) is 1. The minimum atomic E-state index is -0.157. The van der Waals surface area contributed by atoms with Crippen molar-refractivity contribution >= 4 is 5.69 Å². The Labute approximate surface area is 96.2 Å². The Kier molecular flexibility index (Phi) is 2.89. The molecule has 3 heteroatoms. The first-order valence-corrected chi connectivity index (χ1v) is 5.78. The van der Waals surface area contributed by atoms with E-state index in [-0.39, 0.29) is 11.4 Å². The standard InChI is InChI=1S/C13H19FN2/c1-13(2,15)6-8-16-7-5-10-3-4-11(14)9-12(10)16/h3-4,9H,5-8,15H2,1-2H3. The zero-order chi connectivity index (χ0) is 11.8. The summed E-state index contributed by atoms with van der Waals surface area (Å²) in [7, 11) is 0. The topological polar surface area (TPSA) is 29.3 Å². The zero-order valence-corrected chi connectivity index (χ0v) is 9.96. The third-order valence-corrected chi connectivity index (χ3v) is 3.07. The summed E-state index contributed by atoms with van der Waals surface area (Å²) in [6, 6.07) is 5.05. The molecule has 0 atom stereocenters. The van der Waals surface area contributed by atoms with Crippen molar-refractivity contribution in [1.29, 1.82) is 0 Å². The van der Waals surface area contributed by atoms with Crippen LogP contribution in [0.4, 0.5) is 10.1 Å². The highest BCUT2D eigenvalue weighted by Crippen LogP contribution is 2.29. The predicted octanol–water partition coefficient (Wildman–Crippen LogP) is 2.32. The maximum Gasteiger partial charge on any atom is 0.125 e. The van der Waals surface area contributed by atoms with E-state index in [2.05, 4.69) is 4.90 Å². The average molecular weight is 222 g/mol. The Hall–Kier alpha value is -1.09. The zero-order valence-electron chi connectivity index (χ0n) is 9.96. The molecule has 2 rings (SSSR count). The van der Waals surface area contributed by atoms with Gasteiger partial charge in [-0.1, -0.05) is 6.07 Å². The van der Waals surface area contributed by atoms with Gasteiger partial charge in [0.2, 0.25) is 0 Å². The molecule has 0 radical (unpaired) electrons. The lowest BCUT2D eigenvalue weighted by atomic mass is 10.0. The van der Waals surface area contributed by atoms with Crippen LogP contribution in [0, 0.1) is 5.82 Å². The predicted molar refractivity (Wildman–Crippen MR) is 65.2 cm³/mol. The molecule has 2 N–H and O–H groups in total. The Morgan fingerprint density at radius 1 is 1.44 bits per heavy atom. The average Bonchev–Trinajstić information content (AvgIpc) is 2.56. The summed E-state index contributed by atoms with van der Waals surface area (Å²) in [6.07, 6.45) is 1.93. The third-order valence-electron chi connectivity index (χ3n) is 3.07. The summed E-state index contributed by atoms with van der Waals surface area (Å²) in [5.41, 5.74) is 8.10. The second-order valence-electron chi connectivity index (χ2n) is 5.25. The highest BCUT2D eigenvalue weighted by molar-refractivity contribution is 5.58. The number of rotatable bonds is 3. The van der Waals surface area contributed by atoms with Crippen molar-refractivity contribution in [3.05, 3.63) is 29.6 Å². The van der Waals surface area contributed by atoms with Crippen LogP contribution in [0.15, 0.2) is 18.2 Å². The summed E-state index contributed by atoms with van der Waals surface area (Å²) in [5.74, 6) is -0.155. The van der Waals surface area contributed by atoms with E-state index in [1.165, 1.54) is 11.6 Å². The van der Waals surface area contributed by atoms with E-state index in [1.807, 2.05) is 19.9 Å². The van der Waals surface area contributed by atoms with Crippen LogP contribution >= 0.6 is 0 Å². The second kappa shape index (κ2) is 4.06. The number of nitrogens with two attached hydrogens (primary N) is 1. The summed E-state index contributed by atoms with van der Waals surface area (Å²) < 4.78 is 13.2. The van der Waals surface area contributed by atoms with Crippen LogP contribution < -0.4 is 10.6 Å². The summed E-state index contributed by atoms with van der Waals surface area (Å²) in [6.45, 7) is 5.93. The molecule has 1 aliphatic heterocycles. The van der Waals surface area contributed by atoms with Crippen molar-refractivity contribution in [2.45, 2.75) is 32.2 Å². The monoisotopic (exact) mass is 222 g/mol. The number of benzene rings is 1. The van der Waals surface area contributed by atoms with Gasteiger partial charge in [0.25, 0.3) is 0 Å². The molecule has 0 spiro atoms. The first-order chi connectivity index (χ1) is 7.46. The van der Waals surface area contributed by atoms with E-state index in [0.29, 0.717) is 0 Å². The molecule has 0 saturated heterocycles. The first kappa shape index (κ1) is 11.4.